The number of imidazole rings is 1. The maximum atomic E-state index is 6.54. The van der Waals surface area contributed by atoms with Crippen molar-refractivity contribution >= 4 is 44.2 Å². The van der Waals surface area contributed by atoms with E-state index in [1.54, 1.807) is 6.33 Å². The van der Waals surface area contributed by atoms with Crippen LogP contribution in [0.4, 0.5) is 5.82 Å². The Balaban J connectivity index is 0.00000252. The van der Waals surface area contributed by atoms with E-state index in [-0.39, 0.29) is 37.0 Å². The normalized spacial score (nSPS) is 24.2. The fourth-order valence-corrected chi connectivity index (χ4v) is 7.86. The lowest BCUT2D eigenvalue weighted by atomic mass is 9.87. The van der Waals surface area contributed by atoms with E-state index in [2.05, 4.69) is 88.1 Å². The molecule has 49 heavy (non-hydrogen) atoms. The predicted molar refractivity (Wildman–Crippen MR) is 205 cm³/mol. The first-order valence-corrected chi connectivity index (χ1v) is 20.1. The predicted octanol–water partition coefficient (Wildman–Crippen LogP) is 7.14. The molecule has 0 bridgehead atoms. The minimum Gasteiger partial charge on any atom is -0.367 e. The molecule has 3 aliphatic rings. The summed E-state index contributed by atoms with van der Waals surface area (Å²) < 4.78 is 23.8. The highest BCUT2D eigenvalue weighted by molar-refractivity contribution is 8.13. The number of hydrogen-bond acceptors (Lipinski definition) is 8. The second-order valence-corrected chi connectivity index (χ2v) is 17.8. The van der Waals surface area contributed by atoms with E-state index >= 15 is 0 Å². The number of nitrogens with zero attached hydrogens (tertiary/aromatic N) is 5. The molecule has 10 nitrogen and oxygen atoms in total. The van der Waals surface area contributed by atoms with Gasteiger partial charge in [-0.05, 0) is 87.9 Å². The highest BCUT2D eigenvalue weighted by Gasteiger charge is 2.54. The van der Waals surface area contributed by atoms with Gasteiger partial charge in [-0.15, -0.1) is 0 Å². The van der Waals surface area contributed by atoms with E-state index in [4.69, 9.17) is 24.2 Å². The van der Waals surface area contributed by atoms with Crippen LogP contribution in [0.15, 0.2) is 36.8 Å². The Morgan fingerprint density at radius 3 is 2.71 bits per heavy atom. The topological polar surface area (TPSA) is 100 Å². The Morgan fingerprint density at radius 1 is 1.12 bits per heavy atom. The molecule has 5 atom stereocenters. The Bertz CT molecular complexity index is 1800. The molecule has 4 heterocycles. The quantitative estimate of drug-likeness (QED) is 0.100. The van der Waals surface area contributed by atoms with Crippen molar-refractivity contribution in [3.05, 3.63) is 48.2 Å². The van der Waals surface area contributed by atoms with Gasteiger partial charge in [0.2, 0.25) is 0 Å². The minimum atomic E-state index is -0.599. The molecule has 1 unspecified atom stereocenters. The summed E-state index contributed by atoms with van der Waals surface area (Å²) in [6, 6.07) is 9.55. The van der Waals surface area contributed by atoms with Crippen molar-refractivity contribution in [2.45, 2.75) is 115 Å². The number of aryl methyl sites for hydroxylation is 1. The SMILES string of the molecule is C=S(C)CCOCn1c(CCCCNC[C@H]2C[C@@H](n3ccc4c(NC5CC5)ncnc43)[C@@H]3OC(C)(C)O[C@H]23)nc2cc(C(C)(C)C)ccc21.[HH].[HH]. The number of anilines is 1. The van der Waals surface area contributed by atoms with Gasteiger partial charge in [-0.25, -0.2) is 15.0 Å². The van der Waals surface area contributed by atoms with Gasteiger partial charge in [-0.3, -0.25) is 0 Å². The van der Waals surface area contributed by atoms with Crippen LogP contribution in [-0.2, 0) is 32.8 Å². The first-order valence-electron chi connectivity index (χ1n) is 18.1. The fourth-order valence-electron chi connectivity index (χ4n) is 7.46. The van der Waals surface area contributed by atoms with E-state index in [9.17, 15) is 0 Å². The van der Waals surface area contributed by atoms with E-state index in [1.807, 2.05) is 13.8 Å². The highest BCUT2D eigenvalue weighted by Crippen LogP contribution is 2.47. The van der Waals surface area contributed by atoms with Crippen LogP contribution in [0.25, 0.3) is 22.1 Å². The van der Waals surface area contributed by atoms with E-state index in [0.717, 1.165) is 84.8 Å². The summed E-state index contributed by atoms with van der Waals surface area (Å²) in [5.74, 6) is 6.89. The van der Waals surface area contributed by atoms with Gasteiger partial charge < -0.3 is 34.0 Å². The first-order chi connectivity index (χ1) is 23.5. The summed E-state index contributed by atoms with van der Waals surface area (Å²) in [6.07, 6.45) is 12.5. The molecule has 2 N–H and O–H groups in total. The Hall–Kier alpha value is -2.83. The average molecular weight is 694 g/mol. The van der Waals surface area contributed by atoms with Gasteiger partial charge in [0, 0.05) is 39.7 Å². The molecular weight excluding hydrogens is 635 g/mol. The van der Waals surface area contributed by atoms with Crippen molar-refractivity contribution in [3.8, 4) is 0 Å². The lowest BCUT2D eigenvalue weighted by molar-refractivity contribution is -0.160. The fraction of sp³-hybridized carbons (Fsp3) is 0.632. The zero-order valence-electron chi connectivity index (χ0n) is 30.2. The summed E-state index contributed by atoms with van der Waals surface area (Å²) in [5.41, 5.74) is 4.55. The van der Waals surface area contributed by atoms with Crippen LogP contribution in [0, 0.1) is 5.92 Å². The third-order valence-electron chi connectivity index (χ3n) is 10.2. The molecule has 0 radical (unpaired) electrons. The second kappa shape index (κ2) is 14.1. The van der Waals surface area contributed by atoms with E-state index < -0.39 is 5.79 Å². The largest absolute Gasteiger partial charge is 0.367 e. The van der Waals surface area contributed by atoms with Gasteiger partial charge in [0.1, 0.15) is 36.5 Å². The van der Waals surface area contributed by atoms with Gasteiger partial charge in [-0.1, -0.05) is 32.7 Å². The Morgan fingerprint density at radius 2 is 1.94 bits per heavy atom. The number of aromatic nitrogens is 5. The number of ether oxygens (including phenoxy) is 3. The van der Waals surface area contributed by atoms with Crippen molar-refractivity contribution in [1.82, 2.24) is 29.4 Å². The molecule has 2 aliphatic carbocycles. The van der Waals surface area contributed by atoms with Crippen molar-refractivity contribution < 1.29 is 17.1 Å². The molecule has 1 aliphatic heterocycles. The van der Waals surface area contributed by atoms with E-state index in [0.29, 0.717) is 18.7 Å². The van der Waals surface area contributed by atoms with Gasteiger partial charge in [0.25, 0.3) is 0 Å². The molecular formula is C38H59N7O3S. The molecule has 2 saturated carbocycles. The molecule has 1 aromatic carbocycles. The number of nitrogens with one attached hydrogen (secondary N) is 2. The maximum Gasteiger partial charge on any atom is 0.163 e. The second-order valence-electron chi connectivity index (χ2n) is 15.8. The Labute approximate surface area is 296 Å². The molecule has 0 spiro atoms. The van der Waals surface area contributed by atoms with Crippen LogP contribution in [0.5, 0.6) is 0 Å². The van der Waals surface area contributed by atoms with Crippen molar-refractivity contribution in [3.63, 3.8) is 0 Å². The van der Waals surface area contributed by atoms with E-state index in [1.165, 1.54) is 18.4 Å². The zero-order valence-corrected chi connectivity index (χ0v) is 31.0. The van der Waals surface area contributed by atoms with Crippen molar-refractivity contribution in [2.24, 2.45) is 5.92 Å². The highest BCUT2D eigenvalue weighted by atomic mass is 32.2. The third-order valence-corrected chi connectivity index (χ3v) is 11.1. The van der Waals surface area contributed by atoms with Gasteiger partial charge in [0.15, 0.2) is 5.79 Å². The standard InChI is InChI=1S/C38H55N7O3S.2H2/c1-37(2,3)26-11-14-30-29(21-26)43-32(45(30)24-46-18-19-49(6)7)10-8-9-16-39-22-25-20-31(34-33(25)47-38(4,5)48-34)44-17-15-28-35(42-27-12-13-27)40-23-41-36(28)44;;/h11,14-15,17,21,23,25,27,31,33-34,39H,6,8-10,12-13,16,18-20,22,24H2,1-5,7H3,(H,40,41,42);2*1H/t25-,31-,33-,34+,49?;;/m1../s1. The number of hydrogen-bond donors (Lipinski definition) is 2. The Kier molecular flexibility index (Phi) is 9.93. The average Bonchev–Trinajstić information content (AvgIpc) is 3.35. The molecule has 0 amide bonds. The number of unbranched alkanes of at least 4 members (excludes halogenated alkanes) is 1. The summed E-state index contributed by atoms with van der Waals surface area (Å²) in [6.45, 7) is 13.9. The lowest BCUT2D eigenvalue weighted by Crippen LogP contribution is -2.33. The molecule has 3 fully saturated rings. The number of fused-ring (bicyclic) bond motifs is 3. The monoisotopic (exact) mass is 693 g/mol. The molecule has 4 aromatic rings. The number of benzene rings is 1. The summed E-state index contributed by atoms with van der Waals surface area (Å²) in [5, 5.41) is 8.43. The lowest BCUT2D eigenvalue weighted by Gasteiger charge is -2.24. The molecule has 7 rings (SSSR count). The van der Waals surface area contributed by atoms with Gasteiger partial charge >= 0.3 is 0 Å². The van der Waals surface area contributed by atoms with Crippen LogP contribution in [0.3, 0.4) is 0 Å². The minimum absolute atomic E-state index is 0. The summed E-state index contributed by atoms with van der Waals surface area (Å²) in [4.78, 5) is 14.4. The maximum absolute atomic E-state index is 6.54. The molecule has 270 valence electrons. The van der Waals surface area contributed by atoms with Crippen LogP contribution < -0.4 is 10.6 Å². The van der Waals surface area contributed by atoms with Crippen LogP contribution in [-0.4, -0.2) is 85.7 Å². The van der Waals surface area contributed by atoms with Crippen LogP contribution in [0.2, 0.25) is 0 Å². The summed E-state index contributed by atoms with van der Waals surface area (Å²) >= 11 is 0. The molecule has 11 heteroatoms. The smallest absolute Gasteiger partial charge is 0.163 e. The molecule has 1 saturated heterocycles. The number of rotatable bonds is 15. The van der Waals surface area contributed by atoms with Crippen LogP contribution >= 0.6 is 10.5 Å². The third kappa shape index (κ3) is 7.76. The van der Waals surface area contributed by atoms with Gasteiger partial charge in [-0.2, -0.15) is 10.5 Å². The van der Waals surface area contributed by atoms with Crippen molar-refractivity contribution in [2.75, 3.05) is 37.0 Å². The van der Waals surface area contributed by atoms with Crippen molar-refractivity contribution in [1.29, 1.82) is 0 Å². The van der Waals surface area contributed by atoms with Crippen LogP contribution in [0.1, 0.15) is 87.0 Å². The summed E-state index contributed by atoms with van der Waals surface area (Å²) in [7, 11) is 0.129. The first kappa shape index (κ1) is 34.6. The molecule has 3 aromatic heterocycles. The van der Waals surface area contributed by atoms with Gasteiger partial charge in [0.05, 0.1) is 35.2 Å². The zero-order chi connectivity index (χ0) is 34.3.